The summed E-state index contributed by atoms with van der Waals surface area (Å²) in [5.74, 6) is -0.838. The van der Waals surface area contributed by atoms with Gasteiger partial charge in [-0.1, -0.05) is 346 Å². The number of carbonyl (C=O) groups excluding carboxylic acids is 3. The maximum absolute atomic E-state index is 13.0. The largest absolute Gasteiger partial charge is 0.462 e. The van der Waals surface area contributed by atoms with Gasteiger partial charge in [0.2, 0.25) is 0 Å². The van der Waals surface area contributed by atoms with Gasteiger partial charge in [0.15, 0.2) is 6.10 Å². The molecule has 0 saturated carbocycles. The molecule has 1 atom stereocenters. The van der Waals surface area contributed by atoms with E-state index in [1.165, 1.54) is 302 Å². The van der Waals surface area contributed by atoms with Crippen molar-refractivity contribution in [3.05, 3.63) is 36.5 Å². The second-order valence-electron chi connectivity index (χ2n) is 24.9. The number of hydrogen-bond acceptors (Lipinski definition) is 6. The first-order valence-electron chi connectivity index (χ1n) is 36.5. The normalized spacial score (nSPS) is 12.2. The van der Waals surface area contributed by atoms with Gasteiger partial charge in [-0.2, -0.15) is 0 Å². The summed E-state index contributed by atoms with van der Waals surface area (Å²) in [5.41, 5.74) is 0. The Balaban J connectivity index is 4.19. The molecule has 0 aromatic carbocycles. The molecule has 0 aromatic heterocycles. The lowest BCUT2D eigenvalue weighted by Crippen LogP contribution is -2.30. The zero-order chi connectivity index (χ0) is 58.5. The Hall–Kier alpha value is -2.37. The zero-order valence-corrected chi connectivity index (χ0v) is 54.8. The molecule has 0 heterocycles. The van der Waals surface area contributed by atoms with Crippen molar-refractivity contribution in [1.82, 2.24) is 0 Å². The van der Waals surface area contributed by atoms with E-state index in [0.29, 0.717) is 19.3 Å². The Bertz CT molecular complexity index is 1350. The molecule has 1 unspecified atom stereocenters. The van der Waals surface area contributed by atoms with E-state index in [1.807, 2.05) is 0 Å². The second-order valence-corrected chi connectivity index (χ2v) is 24.9. The van der Waals surface area contributed by atoms with Crippen LogP contribution in [-0.2, 0) is 28.6 Å². The molecule has 0 saturated heterocycles. The van der Waals surface area contributed by atoms with Gasteiger partial charge in [0.1, 0.15) is 13.2 Å². The molecule has 0 spiro atoms. The van der Waals surface area contributed by atoms with E-state index in [-0.39, 0.29) is 31.1 Å². The van der Waals surface area contributed by atoms with Crippen molar-refractivity contribution in [3.63, 3.8) is 0 Å². The van der Waals surface area contributed by atoms with Crippen molar-refractivity contribution in [3.8, 4) is 0 Å². The SMILES string of the molecule is CCCCCCC/C=C\C/C=C\CCCCCCCCCCCCCCCCCCCC(=O)OCC(COC(=O)CCCCCCCCCCCCCCC)OC(=O)CCCCCCCCCCC/C=C\CCCCCCCCCC. The molecule has 476 valence electrons. The molecule has 6 nitrogen and oxygen atoms in total. The molecule has 0 N–H and O–H groups in total. The minimum atomic E-state index is -0.771. The smallest absolute Gasteiger partial charge is 0.306 e. The van der Waals surface area contributed by atoms with E-state index < -0.39 is 6.10 Å². The van der Waals surface area contributed by atoms with Crippen LogP contribution in [0.15, 0.2) is 36.5 Å². The fourth-order valence-corrected chi connectivity index (χ4v) is 11.1. The summed E-state index contributed by atoms with van der Waals surface area (Å²) >= 11 is 0. The van der Waals surface area contributed by atoms with Crippen LogP contribution in [0.1, 0.15) is 406 Å². The number of ether oxygens (including phenoxy) is 3. The third-order valence-electron chi connectivity index (χ3n) is 16.6. The van der Waals surface area contributed by atoms with E-state index in [1.54, 1.807) is 0 Å². The predicted molar refractivity (Wildman–Crippen MR) is 353 cm³/mol. The number of carbonyl (C=O) groups is 3. The Kier molecular flexibility index (Phi) is 68.1. The van der Waals surface area contributed by atoms with Crippen LogP contribution in [0.25, 0.3) is 0 Å². The van der Waals surface area contributed by atoms with Crippen LogP contribution in [-0.4, -0.2) is 37.2 Å². The van der Waals surface area contributed by atoms with Gasteiger partial charge in [-0.3, -0.25) is 14.4 Å². The van der Waals surface area contributed by atoms with Gasteiger partial charge in [0.25, 0.3) is 0 Å². The number of esters is 3. The number of allylic oxidation sites excluding steroid dienone is 6. The minimum Gasteiger partial charge on any atom is -0.462 e. The molecule has 0 fully saturated rings. The van der Waals surface area contributed by atoms with Gasteiger partial charge < -0.3 is 14.2 Å². The van der Waals surface area contributed by atoms with E-state index in [9.17, 15) is 14.4 Å². The van der Waals surface area contributed by atoms with E-state index in [2.05, 4.69) is 57.2 Å². The van der Waals surface area contributed by atoms with Crippen molar-refractivity contribution in [2.45, 2.75) is 412 Å². The lowest BCUT2D eigenvalue weighted by atomic mass is 10.0. The summed E-state index contributed by atoms with van der Waals surface area (Å²) in [6, 6.07) is 0. The summed E-state index contributed by atoms with van der Waals surface area (Å²) in [4.78, 5) is 38.4. The third kappa shape index (κ3) is 68.3. The maximum Gasteiger partial charge on any atom is 0.306 e. The fourth-order valence-electron chi connectivity index (χ4n) is 11.1. The molecule has 6 heteroatoms. The highest BCUT2D eigenvalue weighted by Gasteiger charge is 2.19. The van der Waals surface area contributed by atoms with Gasteiger partial charge in [0, 0.05) is 19.3 Å². The summed E-state index contributed by atoms with van der Waals surface area (Å²) in [5, 5.41) is 0. The minimum absolute atomic E-state index is 0.0668. The Morgan fingerprint density at radius 1 is 0.247 bits per heavy atom. The highest BCUT2D eigenvalue weighted by atomic mass is 16.6. The van der Waals surface area contributed by atoms with Crippen LogP contribution in [0, 0.1) is 0 Å². The van der Waals surface area contributed by atoms with Gasteiger partial charge in [0.05, 0.1) is 0 Å². The molecule has 0 rings (SSSR count). The maximum atomic E-state index is 13.0. The third-order valence-corrected chi connectivity index (χ3v) is 16.6. The summed E-state index contributed by atoms with van der Waals surface area (Å²) in [7, 11) is 0. The fraction of sp³-hybridized carbons (Fsp3) is 0.880. The van der Waals surface area contributed by atoms with Crippen LogP contribution >= 0.6 is 0 Å². The summed E-state index contributed by atoms with van der Waals surface area (Å²) in [6.45, 7) is 6.70. The Morgan fingerprint density at radius 2 is 0.444 bits per heavy atom. The number of rotatable bonds is 68. The first-order chi connectivity index (χ1) is 40.0. The van der Waals surface area contributed by atoms with Crippen molar-refractivity contribution < 1.29 is 28.6 Å². The summed E-state index contributed by atoms with van der Waals surface area (Å²) < 4.78 is 17.0. The quantitative estimate of drug-likeness (QED) is 0.0261. The monoisotopic (exact) mass is 1140 g/mol. The molecule has 0 amide bonds. The van der Waals surface area contributed by atoms with Crippen LogP contribution in [0.5, 0.6) is 0 Å². The average Bonchev–Trinajstić information content (AvgIpc) is 3.46. The van der Waals surface area contributed by atoms with Crippen molar-refractivity contribution >= 4 is 17.9 Å². The molecule has 0 aliphatic carbocycles. The van der Waals surface area contributed by atoms with Crippen molar-refractivity contribution in [1.29, 1.82) is 0 Å². The molecular formula is C75H140O6. The van der Waals surface area contributed by atoms with E-state index >= 15 is 0 Å². The highest BCUT2D eigenvalue weighted by molar-refractivity contribution is 5.71. The molecule has 0 aromatic rings. The summed E-state index contributed by atoms with van der Waals surface area (Å²) in [6.07, 6.45) is 87.5. The first kappa shape index (κ1) is 78.6. The number of unbranched alkanes of at least 4 members (excludes halogenated alkanes) is 51. The van der Waals surface area contributed by atoms with Gasteiger partial charge in [-0.25, -0.2) is 0 Å². The van der Waals surface area contributed by atoms with E-state index in [4.69, 9.17) is 14.2 Å². The predicted octanol–water partition coefficient (Wildman–Crippen LogP) is 25.1. The topological polar surface area (TPSA) is 78.9 Å². The lowest BCUT2D eigenvalue weighted by molar-refractivity contribution is -0.167. The standard InChI is InChI=1S/C75H140O6/c1-4-7-10-13-16-19-22-25-27-29-31-33-34-35-36-37-38-39-40-42-43-45-47-50-53-56-59-62-65-68-74(77)80-71-72(70-79-73(76)67-64-61-58-55-52-49-24-21-18-15-12-9-6-3)81-75(78)69-66-63-60-57-54-51-48-46-44-41-32-30-28-26-23-20-17-14-11-8-5-2/h22,25,29-32,72H,4-21,23-24,26-28,33-71H2,1-3H3/b25-22-,31-29-,32-30-. The number of hydrogen-bond donors (Lipinski definition) is 0. The van der Waals surface area contributed by atoms with Gasteiger partial charge in [-0.15, -0.1) is 0 Å². The Morgan fingerprint density at radius 3 is 0.691 bits per heavy atom. The molecule has 0 bridgehead atoms. The lowest BCUT2D eigenvalue weighted by Gasteiger charge is -2.18. The van der Waals surface area contributed by atoms with E-state index in [0.717, 1.165) is 64.2 Å². The van der Waals surface area contributed by atoms with Crippen LogP contribution < -0.4 is 0 Å². The van der Waals surface area contributed by atoms with Crippen LogP contribution in [0.4, 0.5) is 0 Å². The molecule has 0 aliphatic heterocycles. The van der Waals surface area contributed by atoms with Crippen LogP contribution in [0.3, 0.4) is 0 Å². The van der Waals surface area contributed by atoms with Gasteiger partial charge in [-0.05, 0) is 77.0 Å². The first-order valence-corrected chi connectivity index (χ1v) is 36.5. The second kappa shape index (κ2) is 70.1. The zero-order valence-electron chi connectivity index (χ0n) is 54.8. The molecule has 0 radical (unpaired) electrons. The molecule has 0 aliphatic rings. The van der Waals surface area contributed by atoms with Crippen LogP contribution in [0.2, 0.25) is 0 Å². The molecule has 81 heavy (non-hydrogen) atoms. The Labute approximate surface area is 506 Å². The van der Waals surface area contributed by atoms with Crippen molar-refractivity contribution in [2.24, 2.45) is 0 Å². The van der Waals surface area contributed by atoms with Crippen molar-refractivity contribution in [2.75, 3.05) is 13.2 Å². The molecular weight excluding hydrogens is 997 g/mol. The average molecular weight is 1140 g/mol. The highest BCUT2D eigenvalue weighted by Crippen LogP contribution is 2.18. The van der Waals surface area contributed by atoms with Gasteiger partial charge >= 0.3 is 17.9 Å².